The number of hydrogen-bond acceptors (Lipinski definition) is 4. The molecule has 1 aliphatic rings. The van der Waals surface area contributed by atoms with Gasteiger partial charge in [0.2, 0.25) is 0 Å². The van der Waals surface area contributed by atoms with Crippen molar-refractivity contribution in [2.45, 2.75) is 6.42 Å². The molecule has 0 bridgehead atoms. The Kier molecular flexibility index (Phi) is 4.18. The molecule has 5 heteroatoms. The quantitative estimate of drug-likeness (QED) is 0.625. The molecule has 114 valence electrons. The van der Waals surface area contributed by atoms with Crippen LogP contribution in [0.5, 0.6) is 0 Å². The average Bonchev–Trinajstić information content (AvgIpc) is 2.55. The van der Waals surface area contributed by atoms with Crippen LogP contribution < -0.4 is 5.32 Å². The normalized spacial score (nSPS) is 14.0. The Morgan fingerprint density at radius 3 is 2.18 bits per heavy atom. The van der Waals surface area contributed by atoms with Crippen molar-refractivity contribution in [3.05, 3.63) is 47.5 Å². The van der Waals surface area contributed by atoms with E-state index in [1.54, 1.807) is 12.1 Å². The summed E-state index contributed by atoms with van der Waals surface area (Å²) in [4.78, 5) is 26.5. The Bertz CT molecular complexity index is 676. The van der Waals surface area contributed by atoms with E-state index in [-0.39, 0.29) is 18.4 Å². The van der Waals surface area contributed by atoms with Gasteiger partial charge in [0.15, 0.2) is 0 Å². The van der Waals surface area contributed by atoms with E-state index >= 15 is 0 Å². The molecular weight excluding hydrogens is 280 g/mol. The van der Waals surface area contributed by atoms with Crippen LogP contribution in [0.3, 0.4) is 0 Å². The Morgan fingerprint density at radius 2 is 1.59 bits per heavy atom. The van der Waals surface area contributed by atoms with E-state index in [0.29, 0.717) is 37.2 Å². The van der Waals surface area contributed by atoms with Crippen LogP contribution in [0.25, 0.3) is 10.8 Å². The lowest BCUT2D eigenvalue weighted by Crippen LogP contribution is -2.41. The third-order valence-electron chi connectivity index (χ3n) is 3.88. The number of amides is 2. The molecule has 2 amide bonds. The van der Waals surface area contributed by atoms with Gasteiger partial charge < -0.3 is 10.4 Å². The minimum absolute atomic E-state index is 0.0803. The number of imide groups is 1. The molecule has 0 unspecified atom stereocenters. The second-order valence-electron chi connectivity index (χ2n) is 5.30. The third kappa shape index (κ3) is 2.49. The Morgan fingerprint density at radius 1 is 0.955 bits per heavy atom. The summed E-state index contributed by atoms with van der Waals surface area (Å²) in [5.74, 6) is -0.451. The fourth-order valence-corrected chi connectivity index (χ4v) is 2.85. The molecule has 0 aromatic heterocycles. The molecule has 0 saturated carbocycles. The number of nitrogens with one attached hydrogen (secondary N) is 1. The van der Waals surface area contributed by atoms with E-state index in [2.05, 4.69) is 5.32 Å². The number of hydrogen-bond donors (Lipinski definition) is 2. The first kappa shape index (κ1) is 14.7. The minimum atomic E-state index is -0.226. The van der Waals surface area contributed by atoms with Gasteiger partial charge in [0, 0.05) is 29.6 Å². The van der Waals surface area contributed by atoms with Gasteiger partial charge in [0.05, 0.1) is 6.61 Å². The van der Waals surface area contributed by atoms with Gasteiger partial charge in [0.25, 0.3) is 11.8 Å². The average molecular weight is 298 g/mol. The summed E-state index contributed by atoms with van der Waals surface area (Å²) >= 11 is 0. The lowest BCUT2D eigenvalue weighted by atomic mass is 9.94. The van der Waals surface area contributed by atoms with Crippen molar-refractivity contribution in [2.75, 3.05) is 26.2 Å². The van der Waals surface area contributed by atoms with Crippen molar-refractivity contribution >= 4 is 22.6 Å². The number of aliphatic hydroxyl groups excluding tert-OH is 1. The monoisotopic (exact) mass is 298 g/mol. The van der Waals surface area contributed by atoms with Gasteiger partial charge >= 0.3 is 0 Å². The molecule has 2 aromatic carbocycles. The molecule has 0 spiro atoms. The maximum atomic E-state index is 12.6. The second-order valence-corrected chi connectivity index (χ2v) is 5.30. The summed E-state index contributed by atoms with van der Waals surface area (Å²) in [6, 6.07) is 11.1. The molecule has 0 radical (unpaired) electrons. The van der Waals surface area contributed by atoms with Crippen LogP contribution in [-0.4, -0.2) is 48.1 Å². The molecular formula is C17H18N2O3. The van der Waals surface area contributed by atoms with Gasteiger partial charge in [-0.05, 0) is 30.5 Å². The Hall–Kier alpha value is -2.24. The number of carbonyl (C=O) groups is 2. The van der Waals surface area contributed by atoms with Crippen molar-refractivity contribution in [1.29, 1.82) is 0 Å². The maximum absolute atomic E-state index is 12.6. The predicted molar refractivity (Wildman–Crippen MR) is 83.9 cm³/mol. The fraction of sp³-hybridized carbons (Fsp3) is 0.294. The lowest BCUT2D eigenvalue weighted by Gasteiger charge is -2.27. The molecule has 5 nitrogen and oxygen atoms in total. The van der Waals surface area contributed by atoms with Crippen molar-refractivity contribution in [1.82, 2.24) is 10.2 Å². The summed E-state index contributed by atoms with van der Waals surface area (Å²) in [5.41, 5.74) is 1.19. The molecule has 2 N–H and O–H groups in total. The van der Waals surface area contributed by atoms with E-state index in [1.165, 1.54) is 4.90 Å². The molecule has 0 fully saturated rings. The molecule has 1 aliphatic heterocycles. The van der Waals surface area contributed by atoms with Crippen LogP contribution in [0.1, 0.15) is 27.1 Å². The largest absolute Gasteiger partial charge is 0.395 e. The first-order chi connectivity index (χ1) is 10.7. The van der Waals surface area contributed by atoms with Gasteiger partial charge in [-0.1, -0.05) is 24.3 Å². The van der Waals surface area contributed by atoms with E-state index < -0.39 is 0 Å². The molecule has 0 aliphatic carbocycles. The van der Waals surface area contributed by atoms with Crippen molar-refractivity contribution in [2.24, 2.45) is 0 Å². The molecule has 3 rings (SSSR count). The first-order valence-electron chi connectivity index (χ1n) is 7.43. The summed E-state index contributed by atoms with van der Waals surface area (Å²) < 4.78 is 0. The summed E-state index contributed by atoms with van der Waals surface area (Å²) in [6.07, 6.45) is 0.662. The van der Waals surface area contributed by atoms with E-state index in [1.807, 2.05) is 24.3 Å². The summed E-state index contributed by atoms with van der Waals surface area (Å²) in [6.45, 7) is 1.63. The van der Waals surface area contributed by atoms with Crippen LogP contribution in [0, 0.1) is 0 Å². The topological polar surface area (TPSA) is 69.6 Å². The summed E-state index contributed by atoms with van der Waals surface area (Å²) in [7, 11) is 0. The standard InChI is InChI=1S/C17H18N2O3/c20-11-9-18-8-3-10-19-16(21)13-6-1-4-12-5-2-7-14(15(12)13)17(19)22/h1-2,4-7,18,20H,3,8-11H2. The van der Waals surface area contributed by atoms with Crippen molar-refractivity contribution < 1.29 is 14.7 Å². The van der Waals surface area contributed by atoms with Crippen LogP contribution >= 0.6 is 0 Å². The van der Waals surface area contributed by atoms with Gasteiger partial charge in [-0.25, -0.2) is 0 Å². The minimum Gasteiger partial charge on any atom is -0.395 e. The molecule has 0 atom stereocenters. The molecule has 1 heterocycles. The highest BCUT2D eigenvalue weighted by atomic mass is 16.3. The number of rotatable bonds is 6. The van der Waals surface area contributed by atoms with Gasteiger partial charge in [-0.3, -0.25) is 14.5 Å². The van der Waals surface area contributed by atoms with Gasteiger partial charge in [-0.2, -0.15) is 0 Å². The van der Waals surface area contributed by atoms with Crippen LogP contribution in [-0.2, 0) is 0 Å². The molecule has 2 aromatic rings. The highest BCUT2D eigenvalue weighted by Crippen LogP contribution is 2.29. The van der Waals surface area contributed by atoms with E-state index in [4.69, 9.17) is 5.11 Å². The highest BCUT2D eigenvalue weighted by Gasteiger charge is 2.31. The van der Waals surface area contributed by atoms with Crippen LogP contribution in [0.4, 0.5) is 0 Å². The lowest BCUT2D eigenvalue weighted by molar-refractivity contribution is 0.0609. The fourth-order valence-electron chi connectivity index (χ4n) is 2.85. The smallest absolute Gasteiger partial charge is 0.261 e. The van der Waals surface area contributed by atoms with Gasteiger partial charge in [0.1, 0.15) is 0 Å². The maximum Gasteiger partial charge on any atom is 0.261 e. The van der Waals surface area contributed by atoms with Gasteiger partial charge in [-0.15, -0.1) is 0 Å². The number of carbonyl (C=O) groups excluding carboxylic acids is 2. The molecule has 0 saturated heterocycles. The molecule has 22 heavy (non-hydrogen) atoms. The number of aliphatic hydroxyl groups is 1. The van der Waals surface area contributed by atoms with E-state index in [9.17, 15) is 9.59 Å². The van der Waals surface area contributed by atoms with Crippen LogP contribution in [0.15, 0.2) is 36.4 Å². The second kappa shape index (κ2) is 6.25. The highest BCUT2D eigenvalue weighted by molar-refractivity contribution is 6.25. The zero-order valence-electron chi connectivity index (χ0n) is 12.2. The van der Waals surface area contributed by atoms with Crippen molar-refractivity contribution in [3.8, 4) is 0 Å². The Labute approximate surface area is 128 Å². The third-order valence-corrected chi connectivity index (χ3v) is 3.88. The zero-order valence-corrected chi connectivity index (χ0v) is 12.2. The van der Waals surface area contributed by atoms with Crippen LogP contribution in [0.2, 0.25) is 0 Å². The van der Waals surface area contributed by atoms with E-state index in [0.717, 1.165) is 10.8 Å². The zero-order chi connectivity index (χ0) is 15.5. The number of benzene rings is 2. The Balaban J connectivity index is 1.85. The summed E-state index contributed by atoms with van der Waals surface area (Å²) in [5, 5.41) is 13.4. The van der Waals surface area contributed by atoms with Crippen molar-refractivity contribution in [3.63, 3.8) is 0 Å². The number of nitrogens with zero attached hydrogens (tertiary/aromatic N) is 1. The SMILES string of the molecule is O=C1c2cccc3cccc(c23)C(=O)N1CCCNCCO. The predicted octanol–water partition coefficient (Wildman–Crippen LogP) is 1.41. The first-order valence-corrected chi connectivity index (χ1v) is 7.43.